The van der Waals surface area contributed by atoms with Crippen molar-refractivity contribution in [3.8, 4) is 5.75 Å². The number of amides is 1. The first kappa shape index (κ1) is 21.4. The third-order valence-corrected chi connectivity index (χ3v) is 8.41. The summed E-state index contributed by atoms with van der Waals surface area (Å²) >= 11 is 1.18. The SMILES string of the molecule is CN(c1ccc(OCC(=O)NC(c2ccccc2)C2CC2)cc1)S(=O)(=O)c1cccs1. The maximum absolute atomic E-state index is 12.6. The highest BCUT2D eigenvalue weighted by Gasteiger charge is 2.33. The van der Waals surface area contributed by atoms with Gasteiger partial charge in [-0.25, -0.2) is 8.42 Å². The van der Waals surface area contributed by atoms with Crippen LogP contribution in [0.2, 0.25) is 0 Å². The second kappa shape index (κ2) is 9.11. The van der Waals surface area contributed by atoms with Crippen LogP contribution in [0.1, 0.15) is 24.4 Å². The van der Waals surface area contributed by atoms with E-state index in [2.05, 4.69) is 5.32 Å². The van der Waals surface area contributed by atoms with Crippen molar-refractivity contribution >= 4 is 33.0 Å². The molecule has 3 aromatic rings. The Kier molecular flexibility index (Phi) is 6.29. The summed E-state index contributed by atoms with van der Waals surface area (Å²) < 4.78 is 32.4. The number of hydrogen-bond donors (Lipinski definition) is 1. The molecule has 0 spiro atoms. The fourth-order valence-corrected chi connectivity index (χ4v) is 5.72. The molecule has 1 heterocycles. The van der Waals surface area contributed by atoms with E-state index in [0.717, 1.165) is 18.4 Å². The molecule has 4 rings (SSSR count). The smallest absolute Gasteiger partial charge is 0.273 e. The van der Waals surface area contributed by atoms with Gasteiger partial charge in [0, 0.05) is 7.05 Å². The van der Waals surface area contributed by atoms with Crippen LogP contribution >= 0.6 is 11.3 Å². The zero-order valence-corrected chi connectivity index (χ0v) is 18.7. The summed E-state index contributed by atoms with van der Waals surface area (Å²) in [5, 5.41) is 4.81. The first-order valence-electron chi connectivity index (χ1n) is 10.0. The standard InChI is InChI=1S/C23H24N2O4S2/c1-25(31(27,28)22-8-5-15-30-22)19-11-13-20(14-12-19)29-16-21(26)24-23(18-9-10-18)17-6-3-2-4-7-17/h2-8,11-15,18,23H,9-10,16H2,1H3,(H,24,26). The molecule has 8 heteroatoms. The Hall–Kier alpha value is -2.84. The molecule has 0 aliphatic heterocycles. The van der Waals surface area contributed by atoms with Crippen molar-refractivity contribution in [3.05, 3.63) is 77.7 Å². The molecule has 1 N–H and O–H groups in total. The minimum absolute atomic E-state index is 0.00999. The van der Waals surface area contributed by atoms with Crippen molar-refractivity contribution in [2.45, 2.75) is 23.1 Å². The third kappa shape index (κ3) is 5.08. The van der Waals surface area contributed by atoms with Gasteiger partial charge in [0.2, 0.25) is 0 Å². The van der Waals surface area contributed by atoms with Crippen molar-refractivity contribution in [3.63, 3.8) is 0 Å². The highest BCUT2D eigenvalue weighted by Crippen LogP contribution is 2.40. The number of carbonyl (C=O) groups is 1. The number of thiophene rings is 1. The summed E-state index contributed by atoms with van der Waals surface area (Å²) in [7, 11) is -2.07. The Bertz CT molecular complexity index is 1110. The van der Waals surface area contributed by atoms with E-state index in [1.807, 2.05) is 30.3 Å². The average Bonchev–Trinajstić information content (AvgIpc) is 3.47. The average molecular weight is 457 g/mol. The van der Waals surface area contributed by atoms with E-state index < -0.39 is 10.0 Å². The molecule has 1 aliphatic rings. The molecule has 1 aliphatic carbocycles. The zero-order chi connectivity index (χ0) is 21.8. The monoisotopic (exact) mass is 456 g/mol. The molecule has 1 unspecified atom stereocenters. The molecule has 0 saturated heterocycles. The van der Waals surface area contributed by atoms with E-state index >= 15 is 0 Å². The van der Waals surface area contributed by atoms with Gasteiger partial charge in [0.25, 0.3) is 15.9 Å². The second-order valence-corrected chi connectivity index (χ2v) is 10.6. The number of nitrogens with one attached hydrogen (secondary N) is 1. The summed E-state index contributed by atoms with van der Waals surface area (Å²) in [4.78, 5) is 12.4. The summed E-state index contributed by atoms with van der Waals surface area (Å²) in [6.07, 6.45) is 2.23. The van der Waals surface area contributed by atoms with Crippen LogP contribution < -0.4 is 14.4 Å². The van der Waals surface area contributed by atoms with E-state index in [0.29, 0.717) is 17.4 Å². The fourth-order valence-electron chi connectivity index (χ4n) is 3.36. The predicted octanol–water partition coefficient (Wildman–Crippen LogP) is 4.22. The molecule has 1 aromatic heterocycles. The summed E-state index contributed by atoms with van der Waals surface area (Å²) in [6.45, 7) is -0.0985. The van der Waals surface area contributed by atoms with Gasteiger partial charge in [0.05, 0.1) is 11.7 Å². The lowest BCUT2D eigenvalue weighted by molar-refractivity contribution is -0.124. The van der Waals surface area contributed by atoms with Crippen LogP contribution in [-0.4, -0.2) is 28.0 Å². The van der Waals surface area contributed by atoms with Crippen molar-refractivity contribution in [2.75, 3.05) is 18.0 Å². The van der Waals surface area contributed by atoms with Crippen LogP contribution in [0.5, 0.6) is 5.75 Å². The lowest BCUT2D eigenvalue weighted by Crippen LogP contribution is -2.33. The van der Waals surface area contributed by atoms with Crippen molar-refractivity contribution in [1.29, 1.82) is 0 Å². The molecular formula is C23H24N2O4S2. The van der Waals surface area contributed by atoms with Gasteiger partial charge in [-0.15, -0.1) is 11.3 Å². The van der Waals surface area contributed by atoms with Crippen LogP contribution in [0.4, 0.5) is 5.69 Å². The topological polar surface area (TPSA) is 75.7 Å². The quantitative estimate of drug-likeness (QED) is 0.523. The number of hydrogen-bond acceptors (Lipinski definition) is 5. The lowest BCUT2D eigenvalue weighted by Gasteiger charge is -2.20. The molecule has 162 valence electrons. The molecule has 2 aromatic carbocycles. The number of anilines is 1. The van der Waals surface area contributed by atoms with Crippen LogP contribution in [0.25, 0.3) is 0 Å². The number of ether oxygens (including phenoxy) is 1. The normalized spacial score (nSPS) is 14.6. The Morgan fingerprint density at radius 3 is 2.42 bits per heavy atom. The molecule has 1 amide bonds. The van der Waals surface area contributed by atoms with Crippen molar-refractivity contribution < 1.29 is 17.9 Å². The molecule has 1 saturated carbocycles. The number of carbonyl (C=O) groups excluding carboxylic acids is 1. The Morgan fingerprint density at radius 1 is 1.10 bits per heavy atom. The van der Waals surface area contributed by atoms with Gasteiger partial charge in [0.1, 0.15) is 9.96 Å². The molecule has 0 bridgehead atoms. The lowest BCUT2D eigenvalue weighted by atomic mass is 10.0. The second-order valence-electron chi connectivity index (χ2n) is 7.48. The van der Waals surface area contributed by atoms with E-state index in [-0.39, 0.29) is 22.8 Å². The Balaban J connectivity index is 1.34. The summed E-state index contributed by atoms with van der Waals surface area (Å²) in [5.41, 5.74) is 1.63. The van der Waals surface area contributed by atoms with Crippen LogP contribution in [-0.2, 0) is 14.8 Å². The van der Waals surface area contributed by atoms with Crippen LogP contribution in [0.3, 0.4) is 0 Å². The predicted molar refractivity (Wildman–Crippen MR) is 122 cm³/mol. The van der Waals surface area contributed by atoms with E-state index in [4.69, 9.17) is 4.74 Å². The molecular weight excluding hydrogens is 432 g/mol. The maximum atomic E-state index is 12.6. The minimum Gasteiger partial charge on any atom is -0.484 e. The summed E-state index contributed by atoms with van der Waals surface area (Å²) in [5.74, 6) is 0.803. The van der Waals surface area contributed by atoms with Crippen LogP contribution in [0, 0.1) is 5.92 Å². The van der Waals surface area contributed by atoms with E-state index in [1.165, 1.54) is 22.7 Å². The van der Waals surface area contributed by atoms with Gasteiger partial charge in [-0.2, -0.15) is 0 Å². The Morgan fingerprint density at radius 2 is 1.81 bits per heavy atom. The largest absolute Gasteiger partial charge is 0.484 e. The maximum Gasteiger partial charge on any atom is 0.273 e. The first-order chi connectivity index (χ1) is 14.9. The Labute approximate surface area is 186 Å². The van der Waals surface area contributed by atoms with Gasteiger partial charge in [-0.1, -0.05) is 36.4 Å². The van der Waals surface area contributed by atoms with Gasteiger partial charge in [0.15, 0.2) is 6.61 Å². The molecule has 31 heavy (non-hydrogen) atoms. The van der Waals surface area contributed by atoms with Gasteiger partial charge >= 0.3 is 0 Å². The van der Waals surface area contributed by atoms with Crippen molar-refractivity contribution in [1.82, 2.24) is 5.32 Å². The number of rotatable bonds is 9. The zero-order valence-electron chi connectivity index (χ0n) is 17.1. The van der Waals surface area contributed by atoms with Crippen molar-refractivity contribution in [2.24, 2.45) is 5.92 Å². The number of nitrogens with zero attached hydrogens (tertiary/aromatic N) is 1. The van der Waals surface area contributed by atoms with Gasteiger partial charge < -0.3 is 10.1 Å². The molecule has 1 atom stereocenters. The minimum atomic E-state index is -3.58. The fraction of sp³-hybridized carbons (Fsp3) is 0.261. The van der Waals surface area contributed by atoms with E-state index in [1.54, 1.807) is 41.8 Å². The molecule has 0 radical (unpaired) electrons. The number of sulfonamides is 1. The highest BCUT2D eigenvalue weighted by molar-refractivity contribution is 7.94. The third-order valence-electron chi connectivity index (χ3n) is 5.25. The van der Waals surface area contributed by atoms with E-state index in [9.17, 15) is 13.2 Å². The molecule has 6 nitrogen and oxygen atoms in total. The number of benzene rings is 2. The van der Waals surface area contributed by atoms with Crippen LogP contribution in [0.15, 0.2) is 76.3 Å². The van der Waals surface area contributed by atoms with Gasteiger partial charge in [-0.05, 0) is 60.0 Å². The highest BCUT2D eigenvalue weighted by atomic mass is 32.2. The summed E-state index contributed by atoms with van der Waals surface area (Å²) in [6, 6.07) is 19.9. The van der Waals surface area contributed by atoms with Gasteiger partial charge in [-0.3, -0.25) is 9.10 Å². The molecule has 1 fully saturated rings. The first-order valence-corrected chi connectivity index (χ1v) is 12.4.